The number of aromatic nitrogens is 2. The standard InChI is InChI=1S/C22H23N5O2S/c1-13(2)27-20(24-12-26(27)3)22-25-19-16-7-6-14(15-5-4-9-23-21(15)28)11-17(16)29-10-8-18(19)30-22/h4-7,9,11,13H,8,10,12H2,1-3H3,(H,23,28). The molecule has 8 heteroatoms. The van der Waals surface area contributed by atoms with Gasteiger partial charge in [0.05, 0.1) is 12.3 Å². The van der Waals surface area contributed by atoms with Crippen molar-refractivity contribution in [2.75, 3.05) is 20.3 Å². The van der Waals surface area contributed by atoms with Crippen molar-refractivity contribution in [3.8, 4) is 28.1 Å². The quantitative estimate of drug-likeness (QED) is 0.702. The van der Waals surface area contributed by atoms with E-state index in [1.807, 2.05) is 37.4 Å². The maximum atomic E-state index is 12.2. The molecule has 0 aliphatic carbocycles. The van der Waals surface area contributed by atoms with Crippen LogP contribution >= 0.6 is 11.3 Å². The molecule has 0 bridgehead atoms. The van der Waals surface area contributed by atoms with Crippen molar-refractivity contribution in [2.45, 2.75) is 26.3 Å². The predicted molar refractivity (Wildman–Crippen MR) is 119 cm³/mol. The Labute approximate surface area is 178 Å². The van der Waals surface area contributed by atoms with Crippen LogP contribution in [0.25, 0.3) is 22.4 Å². The lowest BCUT2D eigenvalue weighted by molar-refractivity contribution is 0.0731. The normalized spacial score (nSPS) is 16.1. The van der Waals surface area contributed by atoms with Gasteiger partial charge in [0.2, 0.25) is 0 Å². The Hall–Kier alpha value is -2.97. The summed E-state index contributed by atoms with van der Waals surface area (Å²) in [6.07, 6.45) is 2.44. The third-order valence-electron chi connectivity index (χ3n) is 5.34. The molecule has 0 amide bonds. The molecule has 0 spiro atoms. The van der Waals surface area contributed by atoms with E-state index in [1.54, 1.807) is 17.5 Å². The Balaban J connectivity index is 1.57. The van der Waals surface area contributed by atoms with Crippen molar-refractivity contribution in [1.82, 2.24) is 20.0 Å². The molecular formula is C22H23N5O2S. The van der Waals surface area contributed by atoms with Gasteiger partial charge < -0.3 is 9.72 Å². The van der Waals surface area contributed by atoms with Gasteiger partial charge in [0, 0.05) is 41.7 Å². The van der Waals surface area contributed by atoms with Crippen LogP contribution in [0.15, 0.2) is 46.3 Å². The lowest BCUT2D eigenvalue weighted by Crippen LogP contribution is -2.43. The highest BCUT2D eigenvalue weighted by Crippen LogP contribution is 2.40. The molecule has 0 unspecified atom stereocenters. The van der Waals surface area contributed by atoms with E-state index in [1.165, 1.54) is 4.88 Å². The van der Waals surface area contributed by atoms with Gasteiger partial charge in [-0.25, -0.2) is 15.0 Å². The number of hydrogen-bond donors (Lipinski definition) is 1. The molecule has 0 atom stereocenters. The van der Waals surface area contributed by atoms with Crippen molar-refractivity contribution < 1.29 is 4.74 Å². The van der Waals surface area contributed by atoms with E-state index in [9.17, 15) is 4.79 Å². The molecule has 5 rings (SSSR count). The van der Waals surface area contributed by atoms with Crippen LogP contribution in [-0.4, -0.2) is 52.2 Å². The first-order valence-corrected chi connectivity index (χ1v) is 10.8. The van der Waals surface area contributed by atoms with Crippen LogP contribution < -0.4 is 10.3 Å². The van der Waals surface area contributed by atoms with Gasteiger partial charge in [0.1, 0.15) is 12.4 Å². The molecule has 2 aliphatic heterocycles. The Morgan fingerprint density at radius 3 is 2.90 bits per heavy atom. The topological polar surface area (TPSA) is 73.8 Å². The highest BCUT2D eigenvalue weighted by molar-refractivity contribution is 7.14. The Bertz CT molecular complexity index is 1200. The Kier molecular flexibility index (Phi) is 4.67. The van der Waals surface area contributed by atoms with Crippen molar-refractivity contribution in [3.63, 3.8) is 0 Å². The summed E-state index contributed by atoms with van der Waals surface area (Å²) < 4.78 is 6.04. The third kappa shape index (κ3) is 3.12. The van der Waals surface area contributed by atoms with Crippen LogP contribution in [0.5, 0.6) is 5.75 Å². The average molecular weight is 422 g/mol. The number of aromatic amines is 1. The van der Waals surface area contributed by atoms with Crippen LogP contribution in [0.2, 0.25) is 0 Å². The third-order valence-corrected chi connectivity index (χ3v) is 6.45. The van der Waals surface area contributed by atoms with Crippen molar-refractivity contribution in [3.05, 3.63) is 56.8 Å². The van der Waals surface area contributed by atoms with Gasteiger partial charge in [-0.05, 0) is 43.7 Å². The smallest absolute Gasteiger partial charge is 0.255 e. The van der Waals surface area contributed by atoms with Crippen LogP contribution in [0.3, 0.4) is 0 Å². The van der Waals surface area contributed by atoms with Crippen molar-refractivity contribution >= 4 is 17.2 Å². The monoisotopic (exact) mass is 421 g/mol. The molecule has 3 aromatic rings. The minimum Gasteiger partial charge on any atom is -0.492 e. The van der Waals surface area contributed by atoms with Crippen LogP contribution in [-0.2, 0) is 6.42 Å². The number of nitrogens with zero attached hydrogens (tertiary/aromatic N) is 4. The van der Waals surface area contributed by atoms with E-state index in [2.05, 4.69) is 28.8 Å². The maximum Gasteiger partial charge on any atom is 0.255 e. The SMILES string of the molecule is CC(C)N1C(c2nc3c(s2)CCOc2cc(-c4ccc[nH]c4=O)ccc2-3)=NCN1C. The number of ether oxygens (including phenoxy) is 1. The number of fused-ring (bicyclic) bond motifs is 3. The summed E-state index contributed by atoms with van der Waals surface area (Å²) >= 11 is 1.69. The maximum absolute atomic E-state index is 12.2. The molecule has 0 radical (unpaired) electrons. The van der Waals surface area contributed by atoms with Gasteiger partial charge in [-0.1, -0.05) is 6.07 Å². The average Bonchev–Trinajstić information content (AvgIpc) is 3.27. The van der Waals surface area contributed by atoms with E-state index in [0.29, 0.717) is 24.9 Å². The van der Waals surface area contributed by atoms with E-state index in [-0.39, 0.29) is 5.56 Å². The van der Waals surface area contributed by atoms with Crippen LogP contribution in [0, 0.1) is 0 Å². The zero-order chi connectivity index (χ0) is 20.8. The number of nitrogens with one attached hydrogen (secondary N) is 1. The van der Waals surface area contributed by atoms with Crippen molar-refractivity contribution in [2.24, 2.45) is 4.99 Å². The van der Waals surface area contributed by atoms with E-state index in [0.717, 1.165) is 39.8 Å². The molecule has 1 N–H and O–H groups in total. The van der Waals surface area contributed by atoms with Gasteiger partial charge >= 0.3 is 0 Å². The molecule has 0 saturated carbocycles. The fraction of sp³-hybridized carbons (Fsp3) is 0.318. The first kappa shape index (κ1) is 19.0. The molecular weight excluding hydrogens is 398 g/mol. The van der Waals surface area contributed by atoms with Gasteiger partial charge in [-0.3, -0.25) is 9.80 Å². The molecule has 1 aromatic carbocycles. The number of thiazole rings is 1. The summed E-state index contributed by atoms with van der Waals surface area (Å²) in [4.78, 5) is 25.8. The van der Waals surface area contributed by atoms with Gasteiger partial charge in [-0.15, -0.1) is 11.3 Å². The number of amidine groups is 1. The van der Waals surface area contributed by atoms with E-state index < -0.39 is 0 Å². The highest BCUT2D eigenvalue weighted by Gasteiger charge is 2.30. The minimum atomic E-state index is -0.111. The van der Waals surface area contributed by atoms with E-state index in [4.69, 9.17) is 14.7 Å². The minimum absolute atomic E-state index is 0.111. The number of hydrazine groups is 1. The first-order chi connectivity index (χ1) is 14.5. The zero-order valence-corrected chi connectivity index (χ0v) is 18.0. The molecule has 154 valence electrons. The largest absolute Gasteiger partial charge is 0.492 e. The molecule has 30 heavy (non-hydrogen) atoms. The number of rotatable bonds is 3. The summed E-state index contributed by atoms with van der Waals surface area (Å²) in [5, 5.41) is 5.25. The van der Waals surface area contributed by atoms with Gasteiger partial charge in [-0.2, -0.15) is 0 Å². The lowest BCUT2D eigenvalue weighted by Gasteiger charge is -2.30. The molecule has 0 fully saturated rings. The fourth-order valence-corrected chi connectivity index (χ4v) is 5.07. The summed E-state index contributed by atoms with van der Waals surface area (Å²) in [6.45, 7) is 5.54. The molecule has 2 aromatic heterocycles. The first-order valence-electron chi connectivity index (χ1n) is 10.0. The fourth-order valence-electron chi connectivity index (χ4n) is 4.01. The number of pyridine rings is 1. The van der Waals surface area contributed by atoms with Crippen LogP contribution in [0.1, 0.15) is 23.7 Å². The lowest BCUT2D eigenvalue weighted by atomic mass is 10.0. The Morgan fingerprint density at radius 1 is 1.23 bits per heavy atom. The second-order valence-corrected chi connectivity index (χ2v) is 8.82. The van der Waals surface area contributed by atoms with Gasteiger partial charge in [0.25, 0.3) is 5.56 Å². The summed E-state index contributed by atoms with van der Waals surface area (Å²) in [5.74, 6) is 1.69. The second-order valence-electron chi connectivity index (χ2n) is 7.73. The zero-order valence-electron chi connectivity index (χ0n) is 17.2. The summed E-state index contributed by atoms with van der Waals surface area (Å²) in [6, 6.07) is 9.86. The number of aliphatic imine (C=N–C) groups is 1. The highest BCUT2D eigenvalue weighted by atomic mass is 32.1. The molecule has 0 saturated heterocycles. The van der Waals surface area contributed by atoms with E-state index >= 15 is 0 Å². The second kappa shape index (κ2) is 7.37. The number of benzene rings is 1. The number of H-pyrrole nitrogens is 1. The summed E-state index contributed by atoms with van der Waals surface area (Å²) in [7, 11) is 2.05. The van der Waals surface area contributed by atoms with Gasteiger partial charge in [0.15, 0.2) is 10.8 Å². The van der Waals surface area contributed by atoms with Crippen LogP contribution in [0.4, 0.5) is 0 Å². The molecule has 2 aliphatic rings. The van der Waals surface area contributed by atoms with Crippen molar-refractivity contribution in [1.29, 1.82) is 0 Å². The Morgan fingerprint density at radius 2 is 2.10 bits per heavy atom. The summed E-state index contributed by atoms with van der Waals surface area (Å²) in [5.41, 5.74) is 3.27. The number of hydrogen-bond acceptors (Lipinski definition) is 7. The molecule has 4 heterocycles. The predicted octanol–water partition coefficient (Wildman–Crippen LogP) is 3.38. The molecule has 7 nitrogen and oxygen atoms in total.